The summed E-state index contributed by atoms with van der Waals surface area (Å²) in [7, 11) is 0. The zero-order valence-corrected chi connectivity index (χ0v) is 16.6. The molecular formula is C17H31Cl2N5O. The van der Waals surface area contributed by atoms with E-state index in [1.54, 1.807) is 0 Å². The molecule has 0 bridgehead atoms. The number of fused-ring (bicyclic) bond motifs is 1. The van der Waals surface area contributed by atoms with Crippen LogP contribution < -0.4 is 11.1 Å². The number of amides is 1. The summed E-state index contributed by atoms with van der Waals surface area (Å²) in [6.45, 7) is 3.63. The van der Waals surface area contributed by atoms with Gasteiger partial charge in [-0.15, -0.1) is 35.0 Å². The number of halogens is 2. The third-order valence-corrected chi connectivity index (χ3v) is 5.40. The zero-order chi connectivity index (χ0) is 16.3. The lowest BCUT2D eigenvalue weighted by Crippen LogP contribution is -2.53. The van der Waals surface area contributed by atoms with E-state index >= 15 is 0 Å². The summed E-state index contributed by atoms with van der Waals surface area (Å²) in [5, 5.41) is 11.7. The van der Waals surface area contributed by atoms with Gasteiger partial charge in [-0.25, -0.2) is 0 Å². The first-order valence-electron chi connectivity index (χ1n) is 9.05. The largest absolute Gasteiger partial charge is 0.355 e. The summed E-state index contributed by atoms with van der Waals surface area (Å²) in [5.41, 5.74) is 5.94. The quantitative estimate of drug-likeness (QED) is 0.824. The van der Waals surface area contributed by atoms with Crippen LogP contribution in [0, 0.1) is 5.92 Å². The van der Waals surface area contributed by atoms with Crippen LogP contribution in [0.3, 0.4) is 0 Å². The molecule has 2 heterocycles. The number of hydrogen-bond acceptors (Lipinski definition) is 4. The molecule has 1 aromatic rings. The Labute approximate surface area is 162 Å². The highest BCUT2D eigenvalue weighted by atomic mass is 35.5. The van der Waals surface area contributed by atoms with E-state index in [4.69, 9.17) is 5.73 Å². The Balaban J connectivity index is 0.00000156. The minimum Gasteiger partial charge on any atom is -0.355 e. The van der Waals surface area contributed by atoms with Gasteiger partial charge in [0.25, 0.3) is 0 Å². The van der Waals surface area contributed by atoms with Crippen LogP contribution in [0.1, 0.15) is 63.5 Å². The third-order valence-electron chi connectivity index (χ3n) is 5.40. The van der Waals surface area contributed by atoms with Crippen LogP contribution in [0.15, 0.2) is 0 Å². The maximum absolute atomic E-state index is 12.5. The highest BCUT2D eigenvalue weighted by Gasteiger charge is 2.37. The van der Waals surface area contributed by atoms with E-state index in [1.165, 1.54) is 19.3 Å². The van der Waals surface area contributed by atoms with E-state index in [0.717, 1.165) is 56.7 Å². The molecule has 1 aromatic heterocycles. The van der Waals surface area contributed by atoms with E-state index in [-0.39, 0.29) is 42.2 Å². The van der Waals surface area contributed by atoms with Crippen LogP contribution in [0.5, 0.6) is 0 Å². The number of aromatic nitrogens is 3. The minimum atomic E-state index is -0.367. The first-order chi connectivity index (χ1) is 11.1. The predicted molar refractivity (Wildman–Crippen MR) is 103 cm³/mol. The van der Waals surface area contributed by atoms with Gasteiger partial charge in [0, 0.05) is 31.5 Å². The van der Waals surface area contributed by atoms with E-state index in [1.807, 2.05) is 6.92 Å². The van der Waals surface area contributed by atoms with Gasteiger partial charge in [0.1, 0.15) is 11.6 Å². The molecule has 3 N–H and O–H groups in total. The normalized spacial score (nSPS) is 25.8. The number of nitrogens with zero attached hydrogens (tertiary/aromatic N) is 3. The van der Waals surface area contributed by atoms with Gasteiger partial charge >= 0.3 is 0 Å². The summed E-state index contributed by atoms with van der Waals surface area (Å²) in [5.74, 6) is 2.14. The van der Waals surface area contributed by atoms with Crippen LogP contribution >= 0.6 is 24.8 Å². The van der Waals surface area contributed by atoms with Crippen LogP contribution in [-0.2, 0) is 24.2 Å². The third kappa shape index (κ3) is 5.31. The summed E-state index contributed by atoms with van der Waals surface area (Å²) < 4.78 is 2.24. The molecule has 0 radical (unpaired) electrons. The summed E-state index contributed by atoms with van der Waals surface area (Å²) in [6.07, 6.45) is 9.48. The first-order valence-corrected chi connectivity index (χ1v) is 9.05. The average Bonchev–Trinajstić information content (AvgIpc) is 2.75. The lowest BCUT2D eigenvalue weighted by atomic mass is 9.74. The summed E-state index contributed by atoms with van der Waals surface area (Å²) >= 11 is 0. The summed E-state index contributed by atoms with van der Waals surface area (Å²) in [6, 6.07) is 0. The molecule has 1 saturated carbocycles. The second kappa shape index (κ2) is 9.74. The fourth-order valence-electron chi connectivity index (χ4n) is 3.94. The standard InChI is InChI=1S/C17H29N5O.2ClH/c1-17(18)10-5-4-7-13(17)16(23)19-11-9-15-21-20-14-8-3-2-6-12-22(14)15;;/h13H,2-12,18H2,1H3,(H,19,23);2*1H. The number of nitrogens with one attached hydrogen (secondary N) is 1. The molecule has 1 amide bonds. The summed E-state index contributed by atoms with van der Waals surface area (Å²) in [4.78, 5) is 12.5. The van der Waals surface area contributed by atoms with Crippen molar-refractivity contribution in [3.8, 4) is 0 Å². The Hall–Kier alpha value is -0.850. The Bertz CT molecular complexity index is 561. The van der Waals surface area contributed by atoms with Gasteiger partial charge in [0.05, 0.1) is 5.92 Å². The van der Waals surface area contributed by atoms with Crippen LogP contribution in [0.2, 0.25) is 0 Å². The van der Waals surface area contributed by atoms with Crippen molar-refractivity contribution < 1.29 is 4.79 Å². The molecule has 8 heteroatoms. The van der Waals surface area contributed by atoms with Crippen molar-refractivity contribution in [1.29, 1.82) is 0 Å². The number of rotatable bonds is 4. The molecule has 0 aromatic carbocycles. The lowest BCUT2D eigenvalue weighted by Gasteiger charge is -2.37. The molecule has 1 fully saturated rings. The number of aryl methyl sites for hydroxylation is 1. The second-order valence-corrected chi connectivity index (χ2v) is 7.34. The van der Waals surface area contributed by atoms with Gasteiger partial charge in [0.15, 0.2) is 0 Å². The molecule has 1 aliphatic heterocycles. The number of hydrogen-bond donors (Lipinski definition) is 2. The fourth-order valence-corrected chi connectivity index (χ4v) is 3.94. The molecule has 0 spiro atoms. The Morgan fingerprint density at radius 3 is 2.80 bits per heavy atom. The van der Waals surface area contributed by atoms with Gasteiger partial charge < -0.3 is 15.6 Å². The SMILES string of the molecule is CC1(N)CCCCC1C(=O)NCCc1nnc2n1CCCCC2.Cl.Cl. The molecule has 144 valence electrons. The van der Waals surface area contributed by atoms with Gasteiger partial charge in [-0.05, 0) is 32.6 Å². The van der Waals surface area contributed by atoms with Crippen LogP contribution in [-0.4, -0.2) is 32.8 Å². The zero-order valence-electron chi connectivity index (χ0n) is 15.0. The van der Waals surface area contributed by atoms with Crippen molar-refractivity contribution in [1.82, 2.24) is 20.1 Å². The monoisotopic (exact) mass is 391 g/mol. The maximum atomic E-state index is 12.5. The van der Waals surface area contributed by atoms with Crippen molar-refractivity contribution >= 4 is 30.7 Å². The molecule has 2 atom stereocenters. The van der Waals surface area contributed by atoms with Gasteiger partial charge in [0.2, 0.25) is 5.91 Å². The highest BCUT2D eigenvalue weighted by Crippen LogP contribution is 2.31. The predicted octanol–water partition coefficient (Wildman–Crippen LogP) is 2.41. The van der Waals surface area contributed by atoms with Gasteiger partial charge in [-0.3, -0.25) is 4.79 Å². The average molecular weight is 392 g/mol. The smallest absolute Gasteiger partial charge is 0.224 e. The van der Waals surface area contributed by atoms with E-state index in [2.05, 4.69) is 20.1 Å². The van der Waals surface area contributed by atoms with Crippen molar-refractivity contribution in [3.05, 3.63) is 11.6 Å². The van der Waals surface area contributed by atoms with E-state index in [9.17, 15) is 4.79 Å². The second-order valence-electron chi connectivity index (χ2n) is 7.34. The van der Waals surface area contributed by atoms with Gasteiger partial charge in [-0.2, -0.15) is 0 Å². The number of nitrogens with two attached hydrogens (primary N) is 1. The Morgan fingerprint density at radius 1 is 1.24 bits per heavy atom. The molecule has 25 heavy (non-hydrogen) atoms. The molecule has 1 aliphatic carbocycles. The topological polar surface area (TPSA) is 85.8 Å². The highest BCUT2D eigenvalue weighted by molar-refractivity contribution is 5.85. The molecule has 3 rings (SSSR count). The number of carbonyl (C=O) groups excluding carboxylic acids is 1. The van der Waals surface area contributed by atoms with Crippen molar-refractivity contribution in [3.63, 3.8) is 0 Å². The van der Waals surface area contributed by atoms with Crippen molar-refractivity contribution in [2.45, 2.75) is 76.8 Å². The Kier molecular flexibility index (Phi) is 8.64. The van der Waals surface area contributed by atoms with Crippen molar-refractivity contribution in [2.75, 3.05) is 6.54 Å². The van der Waals surface area contributed by atoms with Gasteiger partial charge in [-0.1, -0.05) is 19.3 Å². The first kappa shape index (κ1) is 22.2. The maximum Gasteiger partial charge on any atom is 0.224 e. The molecule has 2 unspecified atom stereocenters. The molecule has 6 nitrogen and oxygen atoms in total. The Morgan fingerprint density at radius 2 is 2.04 bits per heavy atom. The van der Waals surface area contributed by atoms with Crippen molar-refractivity contribution in [2.24, 2.45) is 11.7 Å². The minimum absolute atomic E-state index is 0. The van der Waals surface area contributed by atoms with Crippen LogP contribution in [0.25, 0.3) is 0 Å². The lowest BCUT2D eigenvalue weighted by molar-refractivity contribution is -0.128. The van der Waals surface area contributed by atoms with E-state index in [0.29, 0.717) is 6.54 Å². The van der Waals surface area contributed by atoms with Crippen LogP contribution in [0.4, 0.5) is 0 Å². The molecular weight excluding hydrogens is 361 g/mol. The fraction of sp³-hybridized carbons (Fsp3) is 0.824. The molecule has 2 aliphatic rings. The van der Waals surface area contributed by atoms with E-state index < -0.39 is 0 Å². The number of carbonyl (C=O) groups is 1. The molecule has 0 saturated heterocycles.